The van der Waals surface area contributed by atoms with E-state index in [9.17, 15) is 0 Å². The summed E-state index contributed by atoms with van der Waals surface area (Å²) < 4.78 is 3.75. The predicted octanol–water partition coefficient (Wildman–Crippen LogP) is 2.48. The molecule has 3 heterocycles. The van der Waals surface area contributed by atoms with Gasteiger partial charge in [0.1, 0.15) is 0 Å². The van der Waals surface area contributed by atoms with Gasteiger partial charge in [-0.15, -0.1) is 10.2 Å². The molecule has 0 spiro atoms. The van der Waals surface area contributed by atoms with Crippen LogP contribution in [0, 0.1) is 0 Å². The summed E-state index contributed by atoms with van der Waals surface area (Å²) >= 11 is 1.56. The molecule has 0 fully saturated rings. The monoisotopic (exact) mass is 348 g/mol. The number of nitrogens with one attached hydrogen (secondary N) is 1. The molecule has 0 unspecified atom stereocenters. The molecule has 9 heteroatoms. The van der Waals surface area contributed by atoms with Crippen LogP contribution in [0.2, 0.25) is 0 Å². The molecule has 122 valence electrons. The third-order valence-corrected chi connectivity index (χ3v) is 4.80. The van der Waals surface area contributed by atoms with E-state index in [0.29, 0.717) is 5.75 Å². The van der Waals surface area contributed by atoms with Gasteiger partial charge in [-0.25, -0.2) is 10.1 Å². The normalized spacial score (nSPS) is 11.5. The molecule has 0 atom stereocenters. The molecule has 0 aliphatic heterocycles. The number of rotatable bonds is 4. The van der Waals surface area contributed by atoms with Crippen molar-refractivity contribution in [3.63, 3.8) is 0 Å². The van der Waals surface area contributed by atoms with Crippen LogP contribution in [0.25, 0.3) is 22.5 Å². The highest BCUT2D eigenvalue weighted by atomic mass is 32.2. The third-order valence-electron chi connectivity index (χ3n) is 3.87. The number of tetrazole rings is 1. The van der Waals surface area contributed by atoms with Gasteiger partial charge in [0.2, 0.25) is 5.78 Å². The maximum Gasteiger partial charge on any atom is 0.231 e. The topological polar surface area (TPSA) is 89.6 Å². The van der Waals surface area contributed by atoms with E-state index in [1.54, 1.807) is 16.4 Å². The summed E-state index contributed by atoms with van der Waals surface area (Å²) in [6.45, 7) is 0. The standard InChI is InChI=1S/C16H12N8S/c1-2-6-11(7-3-1)24-14(18-21-22-24)10-25-16-20-19-15-17-12-8-4-5-9-13(12)23(15)16/h1-9H,10H2,(H,17,19). The highest BCUT2D eigenvalue weighted by Gasteiger charge is 2.14. The number of para-hydroxylation sites is 3. The van der Waals surface area contributed by atoms with E-state index < -0.39 is 0 Å². The van der Waals surface area contributed by atoms with Gasteiger partial charge in [0.25, 0.3) is 0 Å². The van der Waals surface area contributed by atoms with Crippen LogP contribution in [0.15, 0.2) is 59.8 Å². The van der Waals surface area contributed by atoms with Crippen molar-refractivity contribution in [1.29, 1.82) is 0 Å². The quantitative estimate of drug-likeness (QED) is 0.502. The highest BCUT2D eigenvalue weighted by molar-refractivity contribution is 7.98. The Balaban J connectivity index is 1.48. The number of H-pyrrole nitrogens is 1. The van der Waals surface area contributed by atoms with Crippen molar-refractivity contribution < 1.29 is 0 Å². The van der Waals surface area contributed by atoms with E-state index in [1.807, 2.05) is 59.0 Å². The third kappa shape index (κ3) is 2.36. The average Bonchev–Trinajstić information content (AvgIpc) is 3.36. The first kappa shape index (κ1) is 14.2. The minimum Gasteiger partial charge on any atom is -0.254 e. The van der Waals surface area contributed by atoms with Crippen molar-refractivity contribution in [3.05, 3.63) is 60.4 Å². The Morgan fingerprint density at radius 2 is 1.84 bits per heavy atom. The molecular formula is C16H12N8S. The van der Waals surface area contributed by atoms with Gasteiger partial charge in [-0.2, -0.15) is 4.68 Å². The second-order valence-electron chi connectivity index (χ2n) is 5.40. The zero-order chi connectivity index (χ0) is 16.6. The number of nitrogens with zero attached hydrogens (tertiary/aromatic N) is 7. The Morgan fingerprint density at radius 1 is 1.00 bits per heavy atom. The molecule has 0 amide bonds. The number of thioether (sulfide) groups is 1. The Bertz CT molecular complexity index is 1160. The average molecular weight is 348 g/mol. The van der Waals surface area contributed by atoms with Gasteiger partial charge in [-0.05, 0) is 34.7 Å². The van der Waals surface area contributed by atoms with E-state index in [0.717, 1.165) is 33.5 Å². The summed E-state index contributed by atoms with van der Waals surface area (Å²) in [5.41, 5.74) is 2.90. The Labute approximate surface area is 145 Å². The first-order chi connectivity index (χ1) is 12.4. The fraction of sp³-hybridized carbons (Fsp3) is 0.0625. The van der Waals surface area contributed by atoms with Crippen LogP contribution in [0.5, 0.6) is 0 Å². The number of hydrogen-bond acceptors (Lipinski definition) is 6. The van der Waals surface area contributed by atoms with Crippen LogP contribution in [0.4, 0.5) is 0 Å². The summed E-state index contributed by atoms with van der Waals surface area (Å²) in [5, 5.41) is 20.2. The van der Waals surface area contributed by atoms with Gasteiger partial charge in [0, 0.05) is 0 Å². The Kier molecular flexibility index (Phi) is 3.23. The van der Waals surface area contributed by atoms with Gasteiger partial charge >= 0.3 is 0 Å². The summed E-state index contributed by atoms with van der Waals surface area (Å²) in [6.07, 6.45) is 0. The molecule has 0 aliphatic carbocycles. The van der Waals surface area contributed by atoms with E-state index >= 15 is 0 Å². The summed E-state index contributed by atoms with van der Waals surface area (Å²) in [7, 11) is 0. The van der Waals surface area contributed by atoms with E-state index in [2.05, 4.69) is 30.7 Å². The fourth-order valence-corrected chi connectivity index (χ4v) is 3.60. The molecule has 25 heavy (non-hydrogen) atoms. The van der Waals surface area contributed by atoms with Crippen LogP contribution in [-0.2, 0) is 5.75 Å². The smallest absolute Gasteiger partial charge is 0.231 e. The summed E-state index contributed by atoms with van der Waals surface area (Å²) in [5.74, 6) is 2.08. The van der Waals surface area contributed by atoms with Crippen molar-refractivity contribution in [2.24, 2.45) is 0 Å². The lowest BCUT2D eigenvalue weighted by Gasteiger charge is -2.03. The molecule has 3 aromatic heterocycles. The van der Waals surface area contributed by atoms with E-state index in [4.69, 9.17) is 0 Å². The lowest BCUT2D eigenvalue weighted by Crippen LogP contribution is -2.02. The SMILES string of the molecule is c1ccc(-n2nnnc2CSc2n[nH]c3nc4ccccc4n23)cc1. The van der Waals surface area contributed by atoms with Gasteiger partial charge in [0.05, 0.1) is 22.5 Å². The first-order valence-corrected chi connectivity index (χ1v) is 8.66. The van der Waals surface area contributed by atoms with Crippen molar-refractivity contribution >= 4 is 28.6 Å². The maximum atomic E-state index is 4.53. The number of hydrogen-bond donors (Lipinski definition) is 1. The van der Waals surface area contributed by atoms with Crippen molar-refractivity contribution in [1.82, 2.24) is 39.8 Å². The molecule has 0 radical (unpaired) electrons. The van der Waals surface area contributed by atoms with Crippen LogP contribution in [-0.4, -0.2) is 39.8 Å². The van der Waals surface area contributed by atoms with Gasteiger partial charge in [0.15, 0.2) is 11.0 Å². The number of imidazole rings is 1. The molecule has 5 rings (SSSR count). The van der Waals surface area contributed by atoms with Crippen molar-refractivity contribution in [3.8, 4) is 5.69 Å². The molecule has 0 bridgehead atoms. The van der Waals surface area contributed by atoms with Gasteiger partial charge in [-0.3, -0.25) is 4.40 Å². The molecule has 2 aromatic carbocycles. The molecule has 8 nitrogen and oxygen atoms in total. The lowest BCUT2D eigenvalue weighted by atomic mass is 10.3. The second-order valence-corrected chi connectivity index (χ2v) is 6.34. The molecule has 1 N–H and O–H groups in total. The highest BCUT2D eigenvalue weighted by Crippen LogP contribution is 2.25. The molecule has 5 aromatic rings. The number of aromatic amines is 1. The van der Waals surface area contributed by atoms with Crippen LogP contribution >= 0.6 is 11.8 Å². The minimum atomic E-state index is 0.592. The second kappa shape index (κ2) is 5.71. The maximum absolute atomic E-state index is 4.53. The Morgan fingerprint density at radius 3 is 2.76 bits per heavy atom. The zero-order valence-electron chi connectivity index (χ0n) is 12.9. The van der Waals surface area contributed by atoms with Crippen LogP contribution in [0.1, 0.15) is 5.82 Å². The molecule has 0 saturated heterocycles. The fourth-order valence-electron chi connectivity index (χ4n) is 2.73. The van der Waals surface area contributed by atoms with Gasteiger partial charge in [-0.1, -0.05) is 42.1 Å². The first-order valence-electron chi connectivity index (χ1n) is 7.67. The molecular weight excluding hydrogens is 336 g/mol. The molecule has 0 saturated carbocycles. The van der Waals surface area contributed by atoms with Crippen molar-refractivity contribution in [2.45, 2.75) is 10.9 Å². The summed E-state index contributed by atoms with van der Waals surface area (Å²) in [4.78, 5) is 4.53. The molecule has 0 aliphatic rings. The predicted molar refractivity (Wildman–Crippen MR) is 93.6 cm³/mol. The number of fused-ring (bicyclic) bond motifs is 3. The van der Waals surface area contributed by atoms with E-state index in [1.165, 1.54) is 0 Å². The Hall–Kier alpha value is -3.20. The number of aromatic nitrogens is 8. The summed E-state index contributed by atoms with van der Waals surface area (Å²) in [6, 6.07) is 17.8. The lowest BCUT2D eigenvalue weighted by molar-refractivity contribution is 0.777. The van der Waals surface area contributed by atoms with E-state index in [-0.39, 0.29) is 0 Å². The largest absolute Gasteiger partial charge is 0.254 e. The van der Waals surface area contributed by atoms with Crippen molar-refractivity contribution in [2.75, 3.05) is 0 Å². The van der Waals surface area contributed by atoms with Crippen LogP contribution in [0.3, 0.4) is 0 Å². The van der Waals surface area contributed by atoms with Gasteiger partial charge < -0.3 is 0 Å². The van der Waals surface area contributed by atoms with Crippen LogP contribution < -0.4 is 0 Å². The zero-order valence-corrected chi connectivity index (χ0v) is 13.8. The minimum absolute atomic E-state index is 0.592. The number of benzene rings is 2.